The Kier molecular flexibility index (Phi) is 3.01. The van der Waals surface area contributed by atoms with Crippen LogP contribution in [0.4, 0.5) is 0 Å². The van der Waals surface area contributed by atoms with Gasteiger partial charge in [0.25, 0.3) is 0 Å². The highest BCUT2D eigenvalue weighted by molar-refractivity contribution is 7.92. The summed E-state index contributed by atoms with van der Waals surface area (Å²) in [5.41, 5.74) is 5.12. The maximum atomic E-state index is 10.7. The van der Waals surface area contributed by atoms with E-state index >= 15 is 0 Å². The maximum absolute atomic E-state index is 10.7. The summed E-state index contributed by atoms with van der Waals surface area (Å²) >= 11 is 0. The summed E-state index contributed by atoms with van der Waals surface area (Å²) < 4.78 is 14.5. The van der Waals surface area contributed by atoms with Crippen LogP contribution in [-0.2, 0) is 9.73 Å². The molecule has 0 spiro atoms. The van der Waals surface area contributed by atoms with E-state index in [4.69, 9.17) is 5.73 Å². The predicted molar refractivity (Wildman–Crippen MR) is 36.3 cm³/mol. The van der Waals surface area contributed by atoms with Crippen molar-refractivity contribution in [3.63, 3.8) is 0 Å². The number of hydrogen-bond donors (Lipinski definition) is 1. The van der Waals surface area contributed by atoms with E-state index in [0.717, 1.165) is 0 Å². The van der Waals surface area contributed by atoms with Gasteiger partial charge in [-0.1, -0.05) is 0 Å². The van der Waals surface area contributed by atoms with Crippen LogP contribution in [0.15, 0.2) is 4.36 Å². The number of hydrogen-bond acceptors (Lipinski definition) is 3. The van der Waals surface area contributed by atoms with Crippen LogP contribution >= 0.6 is 0 Å². The highest BCUT2D eigenvalue weighted by Gasteiger charge is 1.84. The molecule has 0 aromatic carbocycles. The second-order valence-corrected chi connectivity index (χ2v) is 4.44. The summed E-state index contributed by atoms with van der Waals surface area (Å²) in [7, 11) is -1.89. The van der Waals surface area contributed by atoms with Crippen LogP contribution in [0.3, 0.4) is 0 Å². The molecule has 0 aliphatic rings. The monoisotopic (exact) mass is 136 g/mol. The third-order valence-electron chi connectivity index (χ3n) is 0.531. The summed E-state index contributed by atoms with van der Waals surface area (Å²) in [5, 5.41) is 0. The molecule has 2 N–H and O–H groups in total. The Bertz CT molecular complexity index is 149. The standard InChI is InChI=1S/C4H12N2OS/c1-8(2,7)6-4-3-5/h3-5H2,1-2H3. The average Bonchev–Trinajstić information content (AvgIpc) is 1.59. The second kappa shape index (κ2) is 3.04. The van der Waals surface area contributed by atoms with Crippen molar-refractivity contribution in [2.24, 2.45) is 10.1 Å². The first-order valence-corrected chi connectivity index (χ1v) is 4.72. The molecule has 0 amide bonds. The Hall–Kier alpha value is -0.0900. The van der Waals surface area contributed by atoms with Crippen molar-refractivity contribution in [3.8, 4) is 0 Å². The lowest BCUT2D eigenvalue weighted by Gasteiger charge is -1.90. The predicted octanol–water partition coefficient (Wildman–Crippen LogP) is -0.327. The van der Waals surface area contributed by atoms with Crippen LogP contribution in [-0.4, -0.2) is 29.8 Å². The van der Waals surface area contributed by atoms with Crippen LogP contribution in [0, 0.1) is 0 Å². The van der Waals surface area contributed by atoms with E-state index in [2.05, 4.69) is 4.36 Å². The summed E-state index contributed by atoms with van der Waals surface area (Å²) in [6.07, 6.45) is 3.20. The van der Waals surface area contributed by atoms with Crippen LogP contribution in [0.2, 0.25) is 0 Å². The zero-order valence-electron chi connectivity index (χ0n) is 5.26. The normalized spacial score (nSPS) is 11.4. The molecular weight excluding hydrogens is 124 g/mol. The van der Waals surface area contributed by atoms with E-state index in [-0.39, 0.29) is 0 Å². The van der Waals surface area contributed by atoms with Crippen LogP contribution < -0.4 is 5.73 Å². The van der Waals surface area contributed by atoms with E-state index in [1.54, 1.807) is 12.5 Å². The Morgan fingerprint density at radius 2 is 2.12 bits per heavy atom. The van der Waals surface area contributed by atoms with Crippen LogP contribution in [0.5, 0.6) is 0 Å². The first-order valence-electron chi connectivity index (χ1n) is 2.39. The van der Waals surface area contributed by atoms with Crippen molar-refractivity contribution in [1.29, 1.82) is 0 Å². The lowest BCUT2D eigenvalue weighted by Crippen LogP contribution is -2.04. The van der Waals surface area contributed by atoms with Gasteiger partial charge in [-0.3, -0.25) is 4.21 Å². The lowest BCUT2D eigenvalue weighted by molar-refractivity contribution is 0.682. The molecule has 0 aliphatic heterocycles. The molecule has 0 saturated heterocycles. The smallest absolute Gasteiger partial charge is 0.0606 e. The Morgan fingerprint density at radius 1 is 1.62 bits per heavy atom. The van der Waals surface area contributed by atoms with Gasteiger partial charge in [-0.05, 0) is 0 Å². The fourth-order valence-electron chi connectivity index (χ4n) is 0.273. The van der Waals surface area contributed by atoms with Gasteiger partial charge in [-0.2, -0.15) is 0 Å². The first kappa shape index (κ1) is 7.91. The molecule has 50 valence electrons. The number of nitrogens with zero attached hydrogens (tertiary/aromatic N) is 1. The molecule has 0 unspecified atom stereocenters. The molecule has 0 aliphatic carbocycles. The second-order valence-electron chi connectivity index (χ2n) is 1.82. The largest absolute Gasteiger partial charge is 0.329 e. The molecule has 0 fully saturated rings. The molecule has 3 nitrogen and oxygen atoms in total. The molecule has 0 saturated carbocycles. The number of rotatable bonds is 2. The van der Waals surface area contributed by atoms with Gasteiger partial charge < -0.3 is 5.73 Å². The van der Waals surface area contributed by atoms with Gasteiger partial charge >= 0.3 is 0 Å². The molecule has 0 aromatic heterocycles. The fourth-order valence-corrected chi connectivity index (χ4v) is 0.818. The summed E-state index contributed by atoms with van der Waals surface area (Å²) in [4.78, 5) is 0. The Labute approximate surface area is 50.5 Å². The van der Waals surface area contributed by atoms with Crippen molar-refractivity contribution in [1.82, 2.24) is 0 Å². The highest BCUT2D eigenvalue weighted by Crippen LogP contribution is 1.80. The van der Waals surface area contributed by atoms with Gasteiger partial charge in [-0.25, -0.2) is 4.36 Å². The molecule has 8 heavy (non-hydrogen) atoms. The third kappa shape index (κ3) is 5.91. The Balaban J connectivity index is 3.78. The molecule has 0 aromatic rings. The zero-order valence-corrected chi connectivity index (χ0v) is 6.07. The summed E-state index contributed by atoms with van der Waals surface area (Å²) in [5.74, 6) is 0. The quantitative estimate of drug-likeness (QED) is 0.565. The van der Waals surface area contributed by atoms with Crippen molar-refractivity contribution in [2.75, 3.05) is 25.6 Å². The summed E-state index contributed by atoms with van der Waals surface area (Å²) in [6, 6.07) is 0. The molecular formula is C4H12N2OS. The topological polar surface area (TPSA) is 55.5 Å². The minimum atomic E-state index is -1.89. The van der Waals surface area contributed by atoms with E-state index in [1.165, 1.54) is 0 Å². The first-order chi connectivity index (χ1) is 3.56. The molecule has 0 bridgehead atoms. The summed E-state index contributed by atoms with van der Waals surface area (Å²) in [6.45, 7) is 0.991. The van der Waals surface area contributed by atoms with Crippen LogP contribution in [0.1, 0.15) is 0 Å². The molecule has 0 atom stereocenters. The lowest BCUT2D eigenvalue weighted by atomic mass is 10.7. The van der Waals surface area contributed by atoms with Gasteiger partial charge in [0.1, 0.15) is 0 Å². The van der Waals surface area contributed by atoms with E-state index in [9.17, 15) is 4.21 Å². The fraction of sp³-hybridized carbons (Fsp3) is 1.00. The van der Waals surface area contributed by atoms with E-state index in [0.29, 0.717) is 13.1 Å². The van der Waals surface area contributed by atoms with Crippen molar-refractivity contribution >= 4 is 9.73 Å². The van der Waals surface area contributed by atoms with Gasteiger partial charge in [-0.15, -0.1) is 0 Å². The average molecular weight is 136 g/mol. The molecule has 0 rings (SSSR count). The van der Waals surface area contributed by atoms with Gasteiger partial charge in [0.2, 0.25) is 0 Å². The van der Waals surface area contributed by atoms with Gasteiger partial charge in [0, 0.05) is 28.8 Å². The third-order valence-corrected chi connectivity index (χ3v) is 1.34. The SMILES string of the molecule is CS(C)(=O)=NCCN. The maximum Gasteiger partial charge on any atom is 0.0606 e. The number of nitrogens with two attached hydrogens (primary N) is 1. The molecule has 0 radical (unpaired) electrons. The van der Waals surface area contributed by atoms with Gasteiger partial charge in [0.05, 0.1) is 6.54 Å². The van der Waals surface area contributed by atoms with Crippen molar-refractivity contribution in [3.05, 3.63) is 0 Å². The molecule has 0 heterocycles. The molecule has 4 heteroatoms. The minimum absolute atomic E-state index is 0.485. The van der Waals surface area contributed by atoms with Crippen molar-refractivity contribution < 1.29 is 4.21 Å². The zero-order chi connectivity index (χ0) is 6.62. The highest BCUT2D eigenvalue weighted by atomic mass is 32.2. The van der Waals surface area contributed by atoms with E-state index in [1.807, 2.05) is 0 Å². The van der Waals surface area contributed by atoms with Crippen LogP contribution in [0.25, 0.3) is 0 Å². The van der Waals surface area contributed by atoms with Crippen molar-refractivity contribution in [2.45, 2.75) is 0 Å². The van der Waals surface area contributed by atoms with E-state index < -0.39 is 9.73 Å². The Morgan fingerprint density at radius 3 is 2.25 bits per heavy atom. The minimum Gasteiger partial charge on any atom is -0.329 e. The van der Waals surface area contributed by atoms with Gasteiger partial charge in [0.15, 0.2) is 0 Å².